The van der Waals surface area contributed by atoms with Gasteiger partial charge in [0.1, 0.15) is 13.2 Å². The number of rotatable bonds is 58. The van der Waals surface area contributed by atoms with Crippen molar-refractivity contribution in [2.75, 3.05) is 13.2 Å². The van der Waals surface area contributed by atoms with Gasteiger partial charge in [-0.1, -0.05) is 266 Å². The highest BCUT2D eigenvalue weighted by atomic mass is 16.6. The zero-order valence-corrected chi connectivity index (χ0v) is 50.0. The Bertz CT molecular complexity index is 1490. The van der Waals surface area contributed by atoms with E-state index in [0.717, 1.165) is 116 Å². The van der Waals surface area contributed by atoms with Gasteiger partial charge in [-0.25, -0.2) is 0 Å². The lowest BCUT2D eigenvalue weighted by Crippen LogP contribution is -2.30. The van der Waals surface area contributed by atoms with Gasteiger partial charge in [-0.05, 0) is 122 Å². The third-order valence-corrected chi connectivity index (χ3v) is 13.8. The SMILES string of the molecule is CC/C=C\C/C=C\C/C=C\C/C=C\C/C=C\CCCCCCCCCCCC(=O)OCC(COC(=O)CCCCCCC/C=C\CCCCCCCCC)OC(=O)CCCCCCCCC/C=C\C/C=C\CCCCC. The fourth-order valence-electron chi connectivity index (χ4n) is 8.97. The van der Waals surface area contributed by atoms with Crippen LogP contribution in [0, 0.1) is 0 Å². The van der Waals surface area contributed by atoms with E-state index in [4.69, 9.17) is 14.2 Å². The van der Waals surface area contributed by atoms with E-state index in [1.807, 2.05) is 0 Å². The molecule has 0 aromatic rings. The molecule has 0 fully saturated rings. The second-order valence-corrected chi connectivity index (χ2v) is 21.3. The molecule has 0 aromatic heterocycles. The smallest absolute Gasteiger partial charge is 0.306 e. The van der Waals surface area contributed by atoms with Gasteiger partial charge < -0.3 is 14.2 Å². The van der Waals surface area contributed by atoms with Gasteiger partial charge >= 0.3 is 17.9 Å². The van der Waals surface area contributed by atoms with Gasteiger partial charge in [-0.3, -0.25) is 14.4 Å². The molecule has 436 valence electrons. The van der Waals surface area contributed by atoms with Crippen molar-refractivity contribution in [1.29, 1.82) is 0 Å². The molecule has 0 aliphatic rings. The molecule has 0 heterocycles. The lowest BCUT2D eigenvalue weighted by molar-refractivity contribution is -0.167. The lowest BCUT2D eigenvalue weighted by atomic mass is 10.1. The second kappa shape index (κ2) is 63.9. The van der Waals surface area contributed by atoms with Crippen LogP contribution in [0.4, 0.5) is 0 Å². The summed E-state index contributed by atoms with van der Waals surface area (Å²) >= 11 is 0. The predicted octanol–water partition coefficient (Wildman–Crippen LogP) is 22.0. The third kappa shape index (κ3) is 61.2. The Labute approximate surface area is 470 Å². The largest absolute Gasteiger partial charge is 0.462 e. The minimum absolute atomic E-state index is 0.0859. The molecule has 0 spiro atoms. The number of unbranched alkanes of at least 4 members (excludes halogenated alkanes) is 31. The van der Waals surface area contributed by atoms with Crippen molar-refractivity contribution in [2.45, 2.75) is 316 Å². The first-order valence-electron chi connectivity index (χ1n) is 32.2. The fraction of sp³-hybridized carbons (Fsp3) is 0.729. The van der Waals surface area contributed by atoms with Crippen molar-refractivity contribution >= 4 is 17.9 Å². The summed E-state index contributed by atoms with van der Waals surface area (Å²) in [6, 6.07) is 0. The molecule has 0 bridgehead atoms. The van der Waals surface area contributed by atoms with Gasteiger partial charge in [0.2, 0.25) is 0 Å². The van der Waals surface area contributed by atoms with Crippen LogP contribution in [0.15, 0.2) is 97.2 Å². The van der Waals surface area contributed by atoms with Crippen LogP contribution in [0.25, 0.3) is 0 Å². The molecule has 0 N–H and O–H groups in total. The number of allylic oxidation sites excluding steroid dienone is 16. The molecule has 0 saturated heterocycles. The van der Waals surface area contributed by atoms with Crippen molar-refractivity contribution in [3.05, 3.63) is 97.2 Å². The molecule has 0 radical (unpaired) electrons. The van der Waals surface area contributed by atoms with E-state index in [1.54, 1.807) is 0 Å². The summed E-state index contributed by atoms with van der Waals surface area (Å²) in [6.07, 6.45) is 85.5. The Balaban J connectivity index is 4.37. The van der Waals surface area contributed by atoms with Crippen LogP contribution in [0.3, 0.4) is 0 Å². The summed E-state index contributed by atoms with van der Waals surface area (Å²) in [6.45, 7) is 6.51. The summed E-state index contributed by atoms with van der Waals surface area (Å²) in [4.78, 5) is 38.3. The maximum absolute atomic E-state index is 12.9. The standard InChI is InChI=1S/C70H120O6/c1-4-7-10-13-16-19-22-25-28-31-32-33-34-35-36-37-38-40-42-45-48-51-54-57-60-63-69(72)75-66-67(65-74-68(71)62-59-56-53-50-47-44-41-30-27-24-21-18-15-12-9-6-3)76-70(73)64-61-58-55-52-49-46-43-39-29-26-23-20-17-14-11-8-5-2/h7,10,16-17,19-20,25-26,28-30,32-33,35-36,41,67H,4-6,8-9,11-15,18,21-24,27,31,34,37-40,42-66H2,1-3H3/b10-7-,19-16-,20-17-,28-25-,29-26-,33-32-,36-35-,41-30-. The Morgan fingerprint density at radius 3 is 0.842 bits per heavy atom. The normalized spacial score (nSPS) is 12.7. The molecule has 0 aromatic carbocycles. The molecule has 0 rings (SSSR count). The van der Waals surface area contributed by atoms with Crippen LogP contribution < -0.4 is 0 Å². The van der Waals surface area contributed by atoms with E-state index in [2.05, 4.69) is 118 Å². The van der Waals surface area contributed by atoms with Crippen LogP contribution in [0.1, 0.15) is 310 Å². The molecule has 76 heavy (non-hydrogen) atoms. The topological polar surface area (TPSA) is 78.9 Å². The summed E-state index contributed by atoms with van der Waals surface area (Å²) in [5.41, 5.74) is 0. The highest BCUT2D eigenvalue weighted by molar-refractivity contribution is 5.71. The zero-order chi connectivity index (χ0) is 55.0. The van der Waals surface area contributed by atoms with Crippen LogP contribution in [-0.2, 0) is 28.6 Å². The monoisotopic (exact) mass is 1060 g/mol. The van der Waals surface area contributed by atoms with E-state index in [-0.39, 0.29) is 31.1 Å². The quantitative estimate of drug-likeness (QED) is 0.0261. The number of hydrogen-bond donors (Lipinski definition) is 0. The minimum Gasteiger partial charge on any atom is -0.462 e. The van der Waals surface area contributed by atoms with E-state index < -0.39 is 6.10 Å². The maximum atomic E-state index is 12.9. The number of esters is 3. The highest BCUT2D eigenvalue weighted by Crippen LogP contribution is 2.16. The highest BCUT2D eigenvalue weighted by Gasteiger charge is 2.19. The minimum atomic E-state index is -0.790. The fourth-order valence-corrected chi connectivity index (χ4v) is 8.97. The van der Waals surface area contributed by atoms with Crippen LogP contribution in [0.2, 0.25) is 0 Å². The predicted molar refractivity (Wildman–Crippen MR) is 330 cm³/mol. The van der Waals surface area contributed by atoms with Gasteiger partial charge in [0.25, 0.3) is 0 Å². The summed E-state index contributed by atoms with van der Waals surface area (Å²) in [5, 5.41) is 0. The third-order valence-electron chi connectivity index (χ3n) is 13.8. The number of ether oxygens (including phenoxy) is 3. The number of carbonyl (C=O) groups is 3. The van der Waals surface area contributed by atoms with E-state index in [0.29, 0.717) is 19.3 Å². The molecular weight excluding hydrogens is 937 g/mol. The van der Waals surface area contributed by atoms with Crippen LogP contribution in [0.5, 0.6) is 0 Å². The Morgan fingerprint density at radius 2 is 0.513 bits per heavy atom. The van der Waals surface area contributed by atoms with Crippen molar-refractivity contribution in [2.24, 2.45) is 0 Å². The van der Waals surface area contributed by atoms with E-state index in [9.17, 15) is 14.4 Å². The van der Waals surface area contributed by atoms with Gasteiger partial charge in [-0.15, -0.1) is 0 Å². The molecule has 0 saturated carbocycles. The average molecular weight is 1060 g/mol. The van der Waals surface area contributed by atoms with Crippen molar-refractivity contribution in [3.8, 4) is 0 Å². The van der Waals surface area contributed by atoms with E-state index in [1.165, 1.54) is 154 Å². The van der Waals surface area contributed by atoms with E-state index >= 15 is 0 Å². The first-order valence-corrected chi connectivity index (χ1v) is 32.2. The Kier molecular flexibility index (Phi) is 60.8. The summed E-state index contributed by atoms with van der Waals surface area (Å²) in [7, 11) is 0. The van der Waals surface area contributed by atoms with Crippen molar-refractivity contribution < 1.29 is 28.6 Å². The van der Waals surface area contributed by atoms with Gasteiger partial charge in [0.15, 0.2) is 6.10 Å². The molecular formula is C70H120O6. The Hall–Kier alpha value is -3.67. The van der Waals surface area contributed by atoms with Crippen molar-refractivity contribution in [1.82, 2.24) is 0 Å². The zero-order valence-electron chi connectivity index (χ0n) is 50.0. The molecule has 0 amide bonds. The average Bonchev–Trinajstić information content (AvgIpc) is 3.42. The molecule has 6 nitrogen and oxygen atoms in total. The number of hydrogen-bond acceptors (Lipinski definition) is 6. The number of carbonyl (C=O) groups excluding carboxylic acids is 3. The van der Waals surface area contributed by atoms with Gasteiger partial charge in [0, 0.05) is 19.3 Å². The first kappa shape index (κ1) is 72.3. The van der Waals surface area contributed by atoms with Crippen molar-refractivity contribution in [3.63, 3.8) is 0 Å². The van der Waals surface area contributed by atoms with Crippen LogP contribution in [-0.4, -0.2) is 37.2 Å². The van der Waals surface area contributed by atoms with Crippen LogP contribution >= 0.6 is 0 Å². The molecule has 0 aliphatic heterocycles. The first-order chi connectivity index (χ1) is 37.5. The summed E-state index contributed by atoms with van der Waals surface area (Å²) in [5.74, 6) is -0.897. The molecule has 1 unspecified atom stereocenters. The molecule has 0 aliphatic carbocycles. The second-order valence-electron chi connectivity index (χ2n) is 21.3. The van der Waals surface area contributed by atoms with Gasteiger partial charge in [-0.2, -0.15) is 0 Å². The van der Waals surface area contributed by atoms with Gasteiger partial charge in [0.05, 0.1) is 0 Å². The molecule has 1 atom stereocenters. The molecule has 6 heteroatoms. The Morgan fingerprint density at radius 1 is 0.276 bits per heavy atom. The lowest BCUT2D eigenvalue weighted by Gasteiger charge is -2.18. The maximum Gasteiger partial charge on any atom is 0.306 e. The summed E-state index contributed by atoms with van der Waals surface area (Å²) < 4.78 is 16.9.